The van der Waals surface area contributed by atoms with Gasteiger partial charge in [0.25, 0.3) is 0 Å². The van der Waals surface area contributed by atoms with Gasteiger partial charge in [0.2, 0.25) is 0 Å². The molecule has 0 spiro atoms. The number of nitrogens with zero attached hydrogens (tertiary/aromatic N) is 1. The van der Waals surface area contributed by atoms with Crippen LogP contribution < -0.4 is 5.32 Å². The minimum absolute atomic E-state index is 0.416. The average Bonchev–Trinajstić information content (AvgIpc) is 3.05. The molecule has 0 aliphatic carbocycles. The van der Waals surface area contributed by atoms with E-state index in [0.717, 1.165) is 6.54 Å². The Hall–Kier alpha value is -1.32. The minimum atomic E-state index is 0.416. The van der Waals surface area contributed by atoms with Gasteiger partial charge in [-0.3, -0.25) is 0 Å². The first kappa shape index (κ1) is 11.8. The van der Waals surface area contributed by atoms with Crippen molar-refractivity contribution >= 4 is 10.9 Å². The number of aromatic nitrogens is 1. The summed E-state index contributed by atoms with van der Waals surface area (Å²) in [6, 6.07) is 8.95. The van der Waals surface area contributed by atoms with E-state index >= 15 is 0 Å². The van der Waals surface area contributed by atoms with E-state index in [1.165, 1.54) is 42.4 Å². The molecule has 0 amide bonds. The van der Waals surface area contributed by atoms with Crippen molar-refractivity contribution < 1.29 is 0 Å². The molecule has 1 unspecified atom stereocenters. The molecule has 1 aromatic heterocycles. The number of rotatable bonds is 4. The summed E-state index contributed by atoms with van der Waals surface area (Å²) < 4.78 is 0. The van der Waals surface area contributed by atoms with Gasteiger partial charge in [0, 0.05) is 29.7 Å². The second kappa shape index (κ2) is 5.12. The quantitative estimate of drug-likeness (QED) is 0.864. The Morgan fingerprint density at radius 2 is 2.06 bits per heavy atom. The molecule has 2 N–H and O–H groups in total. The molecule has 2 aromatic rings. The number of para-hydroxylation sites is 1. The zero-order valence-electron chi connectivity index (χ0n) is 10.9. The maximum Gasteiger partial charge on any atom is 0.0468 e. The Labute approximate surface area is 108 Å². The van der Waals surface area contributed by atoms with Gasteiger partial charge in [-0.1, -0.05) is 18.2 Å². The number of hydrogen-bond donors (Lipinski definition) is 2. The average molecular weight is 243 g/mol. The van der Waals surface area contributed by atoms with E-state index in [2.05, 4.69) is 52.7 Å². The molecule has 1 saturated heterocycles. The van der Waals surface area contributed by atoms with Crippen LogP contribution in [0.3, 0.4) is 0 Å². The molecule has 0 bridgehead atoms. The van der Waals surface area contributed by atoms with Crippen LogP contribution in [-0.4, -0.2) is 36.6 Å². The van der Waals surface area contributed by atoms with E-state index in [-0.39, 0.29) is 0 Å². The number of nitrogens with one attached hydrogen (secondary N) is 2. The summed E-state index contributed by atoms with van der Waals surface area (Å²) in [4.78, 5) is 5.93. The fraction of sp³-hybridized carbons (Fsp3) is 0.467. The van der Waals surface area contributed by atoms with Crippen molar-refractivity contribution in [3.05, 3.63) is 36.0 Å². The highest BCUT2D eigenvalue weighted by Crippen LogP contribution is 2.25. The highest BCUT2D eigenvalue weighted by atomic mass is 15.2. The minimum Gasteiger partial charge on any atom is -0.361 e. The molecule has 1 atom stereocenters. The molecule has 96 valence electrons. The third kappa shape index (κ3) is 2.16. The summed E-state index contributed by atoms with van der Waals surface area (Å²) >= 11 is 0. The van der Waals surface area contributed by atoms with Gasteiger partial charge in [0.05, 0.1) is 0 Å². The zero-order valence-corrected chi connectivity index (χ0v) is 10.9. The second-order valence-corrected chi connectivity index (χ2v) is 5.14. The first-order valence-electron chi connectivity index (χ1n) is 6.84. The van der Waals surface area contributed by atoms with Gasteiger partial charge in [-0.05, 0) is 44.6 Å². The van der Waals surface area contributed by atoms with Crippen LogP contribution in [0.2, 0.25) is 0 Å². The lowest BCUT2D eigenvalue weighted by atomic mass is 10.1. The summed E-state index contributed by atoms with van der Waals surface area (Å²) in [6.07, 6.45) is 4.86. The molecule has 3 rings (SSSR count). The van der Waals surface area contributed by atoms with Crippen molar-refractivity contribution in [1.29, 1.82) is 0 Å². The lowest BCUT2D eigenvalue weighted by molar-refractivity contribution is 0.300. The van der Waals surface area contributed by atoms with E-state index in [9.17, 15) is 0 Å². The van der Waals surface area contributed by atoms with E-state index in [0.29, 0.717) is 6.04 Å². The third-order valence-corrected chi connectivity index (χ3v) is 3.98. The summed E-state index contributed by atoms with van der Waals surface area (Å²) in [5.74, 6) is 0. The van der Waals surface area contributed by atoms with Crippen molar-refractivity contribution in [2.24, 2.45) is 0 Å². The van der Waals surface area contributed by atoms with Gasteiger partial charge < -0.3 is 15.2 Å². The molecule has 0 saturated carbocycles. The van der Waals surface area contributed by atoms with E-state index in [1.807, 2.05) is 0 Å². The van der Waals surface area contributed by atoms with Crippen molar-refractivity contribution in [2.75, 3.05) is 26.7 Å². The number of likely N-dealkylation sites (N-methyl/N-ethyl adjacent to an activating group) is 1. The molecule has 3 heteroatoms. The van der Waals surface area contributed by atoms with Crippen molar-refractivity contribution in [3.8, 4) is 0 Å². The van der Waals surface area contributed by atoms with Crippen molar-refractivity contribution in [3.63, 3.8) is 0 Å². The lowest BCUT2D eigenvalue weighted by Gasteiger charge is -2.22. The topological polar surface area (TPSA) is 31.1 Å². The summed E-state index contributed by atoms with van der Waals surface area (Å²) in [6.45, 7) is 3.61. The normalized spacial score (nSPS) is 18.5. The predicted octanol–water partition coefficient (Wildman–Crippen LogP) is 2.52. The van der Waals surface area contributed by atoms with Crippen LogP contribution in [0.25, 0.3) is 10.9 Å². The van der Waals surface area contributed by atoms with Gasteiger partial charge in [0.1, 0.15) is 0 Å². The first-order valence-corrected chi connectivity index (χ1v) is 6.84. The van der Waals surface area contributed by atoms with Gasteiger partial charge in [-0.2, -0.15) is 0 Å². The van der Waals surface area contributed by atoms with Crippen LogP contribution in [0.4, 0.5) is 0 Å². The number of aromatic amines is 1. The fourth-order valence-corrected chi connectivity index (χ4v) is 2.95. The standard InChI is InChI=1S/C15H21N3/c1-16-15(11-18-8-4-5-9-18)13-10-17-14-7-3-2-6-12(13)14/h2-3,6-7,10,15-17H,4-5,8-9,11H2,1H3. The summed E-state index contributed by atoms with van der Waals surface area (Å²) in [7, 11) is 2.06. The summed E-state index contributed by atoms with van der Waals surface area (Å²) in [5.41, 5.74) is 2.62. The molecule has 0 radical (unpaired) electrons. The largest absolute Gasteiger partial charge is 0.361 e. The molecule has 2 heterocycles. The SMILES string of the molecule is CNC(CN1CCCC1)c1c[nH]c2ccccc12. The number of likely N-dealkylation sites (tertiary alicyclic amines) is 1. The van der Waals surface area contributed by atoms with E-state index in [1.54, 1.807) is 0 Å². The van der Waals surface area contributed by atoms with Gasteiger partial charge in [-0.15, -0.1) is 0 Å². The third-order valence-electron chi connectivity index (χ3n) is 3.98. The van der Waals surface area contributed by atoms with Crippen LogP contribution in [0.15, 0.2) is 30.5 Å². The predicted molar refractivity (Wildman–Crippen MR) is 75.8 cm³/mol. The highest BCUT2D eigenvalue weighted by Gasteiger charge is 2.19. The molecular weight excluding hydrogens is 222 g/mol. The second-order valence-electron chi connectivity index (χ2n) is 5.14. The van der Waals surface area contributed by atoms with Crippen LogP contribution in [0.1, 0.15) is 24.4 Å². The van der Waals surface area contributed by atoms with Crippen LogP contribution in [0, 0.1) is 0 Å². The fourth-order valence-electron chi connectivity index (χ4n) is 2.95. The molecule has 18 heavy (non-hydrogen) atoms. The summed E-state index contributed by atoms with van der Waals surface area (Å²) in [5, 5.41) is 4.81. The Morgan fingerprint density at radius 3 is 2.83 bits per heavy atom. The highest BCUT2D eigenvalue weighted by molar-refractivity contribution is 5.83. The smallest absolute Gasteiger partial charge is 0.0468 e. The Kier molecular flexibility index (Phi) is 3.35. The van der Waals surface area contributed by atoms with Crippen LogP contribution >= 0.6 is 0 Å². The van der Waals surface area contributed by atoms with E-state index < -0.39 is 0 Å². The Bertz CT molecular complexity index is 511. The monoisotopic (exact) mass is 243 g/mol. The zero-order chi connectivity index (χ0) is 12.4. The van der Waals surface area contributed by atoms with E-state index in [4.69, 9.17) is 0 Å². The van der Waals surface area contributed by atoms with Crippen LogP contribution in [0.5, 0.6) is 0 Å². The van der Waals surface area contributed by atoms with Crippen molar-refractivity contribution in [1.82, 2.24) is 15.2 Å². The molecule has 1 fully saturated rings. The Morgan fingerprint density at radius 1 is 1.28 bits per heavy atom. The van der Waals surface area contributed by atoms with Gasteiger partial charge >= 0.3 is 0 Å². The molecule has 1 aliphatic rings. The molecule has 1 aromatic carbocycles. The number of H-pyrrole nitrogens is 1. The maximum atomic E-state index is 3.46. The Balaban J connectivity index is 1.86. The number of hydrogen-bond acceptors (Lipinski definition) is 2. The van der Waals surface area contributed by atoms with Crippen LogP contribution in [-0.2, 0) is 0 Å². The molecular formula is C15H21N3. The van der Waals surface area contributed by atoms with Gasteiger partial charge in [0.15, 0.2) is 0 Å². The lowest BCUT2D eigenvalue weighted by Crippen LogP contribution is -2.31. The first-order chi connectivity index (χ1) is 8.88. The maximum absolute atomic E-state index is 3.46. The van der Waals surface area contributed by atoms with Crippen molar-refractivity contribution in [2.45, 2.75) is 18.9 Å². The van der Waals surface area contributed by atoms with Gasteiger partial charge in [-0.25, -0.2) is 0 Å². The molecule has 1 aliphatic heterocycles. The number of fused-ring (bicyclic) bond motifs is 1. The number of benzene rings is 1. The molecule has 3 nitrogen and oxygen atoms in total.